The second kappa shape index (κ2) is 15.4. The Labute approximate surface area is 294 Å². The Kier molecular flexibility index (Phi) is 10.0. The Bertz CT molecular complexity index is 1930. The number of hydrogen-bond donors (Lipinski definition) is 0. The van der Waals surface area contributed by atoms with Crippen LogP contribution in [0.1, 0.15) is 59.3 Å². The summed E-state index contributed by atoms with van der Waals surface area (Å²) >= 11 is 0. The van der Waals surface area contributed by atoms with Crippen LogP contribution in [0.25, 0.3) is 0 Å². The summed E-state index contributed by atoms with van der Waals surface area (Å²) in [5, 5.41) is 0. The summed E-state index contributed by atoms with van der Waals surface area (Å²) in [6.45, 7) is 5.18. The molecule has 0 fully saturated rings. The molecule has 4 aromatic carbocycles. The van der Waals surface area contributed by atoms with Gasteiger partial charge < -0.3 is 9.47 Å². The Morgan fingerprint density at radius 1 is 0.500 bits per heavy atom. The number of allylic oxidation sites excluding steroid dienone is 8. The van der Waals surface area contributed by atoms with Crippen LogP contribution in [-0.2, 0) is 0 Å². The fraction of sp³-hybridized carbons (Fsp3) is 0.133. The first kappa shape index (κ1) is 32.5. The van der Waals surface area contributed by atoms with Crippen LogP contribution in [0.3, 0.4) is 0 Å². The predicted octanol–water partition coefficient (Wildman–Crippen LogP) is 10.6. The van der Waals surface area contributed by atoms with Crippen molar-refractivity contribution < 1.29 is 9.47 Å². The summed E-state index contributed by atoms with van der Waals surface area (Å²) in [6, 6.07) is 39.0. The Balaban J connectivity index is 1.30. The molecule has 7 rings (SSSR count). The number of benzene rings is 4. The van der Waals surface area contributed by atoms with Gasteiger partial charge in [0.05, 0.1) is 47.4 Å². The Morgan fingerprint density at radius 2 is 0.880 bits per heavy atom. The van der Waals surface area contributed by atoms with E-state index < -0.39 is 0 Å². The van der Waals surface area contributed by atoms with Crippen molar-refractivity contribution in [1.29, 1.82) is 0 Å². The molecule has 0 saturated heterocycles. The topological polar surface area (TPSA) is 56.1 Å². The van der Waals surface area contributed by atoms with Crippen LogP contribution in [0.4, 0.5) is 11.4 Å². The fourth-order valence-electron chi connectivity index (χ4n) is 6.10. The average Bonchev–Trinajstić information content (AvgIpc) is 3.91. The lowest BCUT2D eigenvalue weighted by atomic mass is 10.0. The molecule has 0 spiro atoms. The second-order valence-electron chi connectivity index (χ2n) is 12.0. The third-order valence-electron chi connectivity index (χ3n) is 8.65. The molecular formula is C45H39N3O2. The van der Waals surface area contributed by atoms with Crippen molar-refractivity contribution in [3.05, 3.63) is 198 Å². The predicted molar refractivity (Wildman–Crippen MR) is 205 cm³/mol. The van der Waals surface area contributed by atoms with Crippen molar-refractivity contribution in [3.8, 4) is 11.5 Å². The van der Waals surface area contributed by atoms with Crippen LogP contribution in [0.15, 0.2) is 174 Å². The second-order valence-corrected chi connectivity index (χ2v) is 12.0. The van der Waals surface area contributed by atoms with E-state index in [1.807, 2.05) is 80.6 Å². The van der Waals surface area contributed by atoms with Gasteiger partial charge >= 0.3 is 0 Å². The van der Waals surface area contributed by atoms with Gasteiger partial charge in [0.1, 0.15) is 11.5 Å². The number of aliphatic imine (C=N–C) groups is 2. The smallest absolute Gasteiger partial charge is 0.119 e. The maximum atomic E-state index is 5.74. The molecule has 0 N–H and O–H groups in total. The summed E-state index contributed by atoms with van der Waals surface area (Å²) < 4.78 is 11.5. The van der Waals surface area contributed by atoms with Crippen molar-refractivity contribution in [1.82, 2.24) is 4.98 Å². The quantitative estimate of drug-likeness (QED) is 0.126. The number of ether oxygens (including phenoxy) is 2. The minimum atomic E-state index is 0.296. The van der Waals surface area contributed by atoms with Crippen LogP contribution in [0.5, 0.6) is 11.5 Å². The monoisotopic (exact) mass is 653 g/mol. The minimum absolute atomic E-state index is 0.296. The van der Waals surface area contributed by atoms with Gasteiger partial charge in [0.15, 0.2) is 0 Å². The van der Waals surface area contributed by atoms with Crippen molar-refractivity contribution in [2.24, 2.45) is 9.98 Å². The molecule has 0 saturated carbocycles. The van der Waals surface area contributed by atoms with Crippen molar-refractivity contribution in [3.63, 3.8) is 0 Å². The van der Waals surface area contributed by atoms with Crippen LogP contribution >= 0.6 is 0 Å². The Hall–Kier alpha value is -6.07. The normalized spacial score (nSPS) is 14.5. The van der Waals surface area contributed by atoms with Gasteiger partial charge in [0, 0.05) is 23.0 Å². The SMILES string of the molecule is CCOc1ccc(C(=Nc2ccc(C3C=CC=C3)cc2)c2cccc(C(=Nc3ccc(C4C=CC=C4)cc3)c3ccc(OCC)cc3)n2)cc1. The van der Waals surface area contributed by atoms with Crippen molar-refractivity contribution in [2.75, 3.05) is 13.2 Å². The maximum absolute atomic E-state index is 5.74. The zero-order valence-corrected chi connectivity index (χ0v) is 28.3. The highest BCUT2D eigenvalue weighted by Crippen LogP contribution is 2.28. The molecule has 5 heteroatoms. The first-order chi connectivity index (χ1) is 24.7. The molecule has 0 bridgehead atoms. The molecule has 2 aliphatic carbocycles. The summed E-state index contributed by atoms with van der Waals surface area (Å²) in [5.74, 6) is 2.22. The van der Waals surface area contributed by atoms with Gasteiger partial charge in [-0.3, -0.25) is 0 Å². The van der Waals surface area contributed by atoms with E-state index in [1.54, 1.807) is 0 Å². The molecular weight excluding hydrogens is 615 g/mol. The zero-order chi connectivity index (χ0) is 34.1. The summed E-state index contributed by atoms with van der Waals surface area (Å²) in [6.07, 6.45) is 17.1. The van der Waals surface area contributed by atoms with E-state index in [0.717, 1.165) is 56.8 Å². The molecule has 0 amide bonds. The van der Waals surface area contributed by atoms with Crippen LogP contribution in [0.2, 0.25) is 0 Å². The van der Waals surface area contributed by atoms with Crippen molar-refractivity contribution in [2.45, 2.75) is 25.7 Å². The standard InChI is InChI=1S/C45H39N3O2/c1-3-49-40-28-20-36(21-29-40)44(46-38-24-16-34(17-25-38)32-10-5-6-11-32)42-14-9-15-43(48-42)45(37-22-30-41(31-23-37)50-4-2)47-39-26-18-35(19-27-39)33-12-7-8-13-33/h5-33H,3-4H2,1-2H3. The van der Waals surface area contributed by atoms with Gasteiger partial charge in [-0.15, -0.1) is 0 Å². The fourth-order valence-corrected chi connectivity index (χ4v) is 6.10. The molecule has 0 unspecified atom stereocenters. The molecule has 1 aromatic heterocycles. The molecule has 246 valence electrons. The third kappa shape index (κ3) is 7.63. The first-order valence-corrected chi connectivity index (χ1v) is 17.2. The van der Waals surface area contributed by atoms with Gasteiger partial charge in [0.25, 0.3) is 0 Å². The molecule has 50 heavy (non-hydrogen) atoms. The maximum Gasteiger partial charge on any atom is 0.119 e. The lowest BCUT2D eigenvalue weighted by Crippen LogP contribution is -2.12. The molecule has 0 atom stereocenters. The number of hydrogen-bond acceptors (Lipinski definition) is 5. The highest BCUT2D eigenvalue weighted by molar-refractivity contribution is 6.16. The highest BCUT2D eigenvalue weighted by atomic mass is 16.5. The molecule has 0 radical (unpaired) electrons. The lowest BCUT2D eigenvalue weighted by molar-refractivity contribution is 0.340. The van der Waals surface area contributed by atoms with E-state index in [-0.39, 0.29) is 0 Å². The van der Waals surface area contributed by atoms with Crippen LogP contribution in [0, 0.1) is 0 Å². The summed E-state index contributed by atoms with van der Waals surface area (Å²) in [4.78, 5) is 15.6. The van der Waals surface area contributed by atoms with Gasteiger partial charge in [0.2, 0.25) is 0 Å². The summed E-state index contributed by atoms with van der Waals surface area (Å²) in [5.41, 5.74) is 9.05. The number of nitrogens with zero attached hydrogens (tertiary/aromatic N) is 3. The molecule has 1 heterocycles. The largest absolute Gasteiger partial charge is 0.494 e. The summed E-state index contributed by atoms with van der Waals surface area (Å²) in [7, 11) is 0. The number of pyridine rings is 1. The first-order valence-electron chi connectivity index (χ1n) is 17.2. The molecule has 5 aromatic rings. The van der Waals surface area contributed by atoms with E-state index in [9.17, 15) is 0 Å². The van der Waals surface area contributed by atoms with Gasteiger partial charge in [-0.25, -0.2) is 15.0 Å². The van der Waals surface area contributed by atoms with E-state index in [4.69, 9.17) is 24.4 Å². The van der Waals surface area contributed by atoms with Gasteiger partial charge in [-0.2, -0.15) is 0 Å². The third-order valence-corrected chi connectivity index (χ3v) is 8.65. The van der Waals surface area contributed by atoms with E-state index >= 15 is 0 Å². The highest BCUT2D eigenvalue weighted by Gasteiger charge is 2.16. The van der Waals surface area contributed by atoms with Gasteiger partial charge in [-0.1, -0.05) is 78.9 Å². The molecule has 5 nitrogen and oxygen atoms in total. The molecule has 2 aliphatic rings. The number of rotatable bonds is 12. The van der Waals surface area contributed by atoms with Crippen LogP contribution in [-0.4, -0.2) is 29.6 Å². The van der Waals surface area contributed by atoms with Crippen molar-refractivity contribution >= 4 is 22.8 Å². The Morgan fingerprint density at radius 3 is 1.24 bits per heavy atom. The minimum Gasteiger partial charge on any atom is -0.494 e. The van der Waals surface area contributed by atoms with E-state index in [1.165, 1.54) is 11.1 Å². The van der Waals surface area contributed by atoms with E-state index in [0.29, 0.717) is 25.0 Å². The van der Waals surface area contributed by atoms with Gasteiger partial charge in [-0.05, 0) is 110 Å². The van der Waals surface area contributed by atoms with Crippen LogP contribution < -0.4 is 9.47 Å². The van der Waals surface area contributed by atoms with E-state index in [2.05, 4.69) is 97.1 Å². The average molecular weight is 654 g/mol. The zero-order valence-electron chi connectivity index (χ0n) is 28.3. The molecule has 0 aliphatic heterocycles. The number of aromatic nitrogens is 1. The lowest BCUT2D eigenvalue weighted by Gasteiger charge is -2.13.